The first-order valence-electron chi connectivity index (χ1n) is 9.67. The lowest BCUT2D eigenvalue weighted by molar-refractivity contribution is -0.151. The molecule has 0 aromatic heterocycles. The van der Waals surface area contributed by atoms with E-state index in [0.29, 0.717) is 17.9 Å². The Kier molecular flexibility index (Phi) is 6.37. The Morgan fingerprint density at radius 3 is 2.34 bits per heavy atom. The molecule has 2 atom stereocenters. The maximum Gasteiger partial charge on any atom is 0.317 e. The van der Waals surface area contributed by atoms with Gasteiger partial charge in [-0.25, -0.2) is 0 Å². The SMILES string of the molecule is CCOC(=O)[C@@H]1C(=O)C=C(c2cc(OC)cc(OC)c2)C[C@@H]1c1cccc(C)c1. The second-order valence-corrected chi connectivity index (χ2v) is 7.13. The Morgan fingerprint density at radius 2 is 1.76 bits per heavy atom. The molecule has 5 nitrogen and oxygen atoms in total. The van der Waals surface area contributed by atoms with Crippen molar-refractivity contribution >= 4 is 17.3 Å². The maximum absolute atomic E-state index is 13.0. The van der Waals surface area contributed by atoms with Gasteiger partial charge in [0.25, 0.3) is 0 Å². The summed E-state index contributed by atoms with van der Waals surface area (Å²) in [7, 11) is 3.18. The van der Waals surface area contributed by atoms with Gasteiger partial charge in [-0.2, -0.15) is 0 Å². The normalized spacial score (nSPS) is 18.8. The average Bonchev–Trinajstić information content (AvgIpc) is 2.72. The number of benzene rings is 2. The number of ether oxygens (including phenoxy) is 3. The Morgan fingerprint density at radius 1 is 1.07 bits per heavy atom. The van der Waals surface area contributed by atoms with Crippen LogP contribution in [0.5, 0.6) is 11.5 Å². The fourth-order valence-electron chi connectivity index (χ4n) is 3.79. The standard InChI is InChI=1S/C24H26O5/c1-5-29-24(26)23-21(16-8-6-7-15(2)9-16)12-18(13-22(23)25)17-10-19(27-3)14-20(11-17)28-4/h6-11,13-14,21,23H,5,12H2,1-4H3/t21-,23+/m1/s1. The van der Waals surface area contributed by atoms with Crippen molar-refractivity contribution in [2.45, 2.75) is 26.2 Å². The molecule has 0 saturated heterocycles. The van der Waals surface area contributed by atoms with Crippen LogP contribution in [0.25, 0.3) is 5.57 Å². The Balaban J connectivity index is 2.07. The minimum absolute atomic E-state index is 0.238. The molecule has 152 valence electrons. The lowest BCUT2D eigenvalue weighted by atomic mass is 9.73. The van der Waals surface area contributed by atoms with Crippen molar-refractivity contribution in [3.8, 4) is 11.5 Å². The molecule has 0 radical (unpaired) electrons. The molecule has 1 aliphatic rings. The van der Waals surface area contributed by atoms with Crippen LogP contribution in [-0.4, -0.2) is 32.6 Å². The van der Waals surface area contributed by atoms with Gasteiger partial charge in [0, 0.05) is 12.0 Å². The molecule has 2 aromatic rings. The number of hydrogen-bond donors (Lipinski definition) is 0. The maximum atomic E-state index is 13.0. The van der Waals surface area contributed by atoms with Crippen molar-refractivity contribution in [3.05, 3.63) is 65.2 Å². The van der Waals surface area contributed by atoms with Gasteiger partial charge in [0.1, 0.15) is 17.4 Å². The molecule has 0 amide bonds. The van der Waals surface area contributed by atoms with Gasteiger partial charge < -0.3 is 14.2 Å². The van der Waals surface area contributed by atoms with Crippen LogP contribution in [-0.2, 0) is 14.3 Å². The van der Waals surface area contributed by atoms with Crippen LogP contribution in [0.1, 0.15) is 36.0 Å². The molecule has 1 aliphatic carbocycles. The molecule has 0 heterocycles. The summed E-state index contributed by atoms with van der Waals surface area (Å²) in [6, 6.07) is 13.5. The van der Waals surface area contributed by atoms with Gasteiger partial charge >= 0.3 is 5.97 Å². The van der Waals surface area contributed by atoms with Crippen LogP contribution in [0, 0.1) is 12.8 Å². The molecule has 5 heteroatoms. The first-order chi connectivity index (χ1) is 14.0. The summed E-state index contributed by atoms with van der Waals surface area (Å²) in [6.07, 6.45) is 2.09. The summed E-state index contributed by atoms with van der Waals surface area (Å²) in [4.78, 5) is 25.6. The number of esters is 1. The number of methoxy groups -OCH3 is 2. The monoisotopic (exact) mass is 394 g/mol. The van der Waals surface area contributed by atoms with Gasteiger partial charge in [0.05, 0.1) is 20.8 Å². The summed E-state index contributed by atoms with van der Waals surface area (Å²) in [5.74, 6) is -0.549. The van der Waals surface area contributed by atoms with E-state index in [4.69, 9.17) is 14.2 Å². The predicted octanol–water partition coefficient (Wildman–Crippen LogP) is 4.33. The quantitative estimate of drug-likeness (QED) is 0.539. The highest BCUT2D eigenvalue weighted by Gasteiger charge is 2.39. The third kappa shape index (κ3) is 4.50. The van der Waals surface area contributed by atoms with E-state index in [0.717, 1.165) is 22.3 Å². The minimum atomic E-state index is -0.840. The molecular weight excluding hydrogens is 368 g/mol. The van der Waals surface area contributed by atoms with Crippen molar-refractivity contribution in [2.75, 3.05) is 20.8 Å². The Bertz CT molecular complexity index is 922. The van der Waals surface area contributed by atoms with Crippen LogP contribution in [0.3, 0.4) is 0 Å². The molecule has 2 aromatic carbocycles. The third-order valence-corrected chi connectivity index (χ3v) is 5.20. The number of rotatable bonds is 6. The molecule has 0 aliphatic heterocycles. The van der Waals surface area contributed by atoms with Crippen molar-refractivity contribution in [1.82, 2.24) is 0 Å². The molecule has 3 rings (SSSR count). The van der Waals surface area contributed by atoms with Gasteiger partial charge in [-0.05, 0) is 55.2 Å². The van der Waals surface area contributed by atoms with Gasteiger partial charge in [-0.1, -0.05) is 29.8 Å². The zero-order valence-electron chi connectivity index (χ0n) is 17.2. The number of ketones is 1. The molecule has 0 unspecified atom stereocenters. The molecule has 0 N–H and O–H groups in total. The van der Waals surface area contributed by atoms with Crippen molar-refractivity contribution < 1.29 is 23.8 Å². The molecule has 0 saturated carbocycles. The van der Waals surface area contributed by atoms with E-state index in [2.05, 4.69) is 0 Å². The largest absolute Gasteiger partial charge is 0.497 e. The highest BCUT2D eigenvalue weighted by atomic mass is 16.5. The van der Waals surface area contributed by atoms with E-state index in [9.17, 15) is 9.59 Å². The smallest absolute Gasteiger partial charge is 0.317 e. The van der Waals surface area contributed by atoms with Crippen molar-refractivity contribution in [2.24, 2.45) is 5.92 Å². The number of hydrogen-bond acceptors (Lipinski definition) is 5. The van der Waals surface area contributed by atoms with E-state index >= 15 is 0 Å². The number of carbonyl (C=O) groups excluding carboxylic acids is 2. The zero-order valence-corrected chi connectivity index (χ0v) is 17.2. The van der Waals surface area contributed by atoms with Crippen molar-refractivity contribution in [3.63, 3.8) is 0 Å². The molecule has 0 bridgehead atoms. The summed E-state index contributed by atoms with van der Waals surface area (Å²) < 4.78 is 16.0. The highest BCUT2D eigenvalue weighted by molar-refractivity contribution is 6.10. The van der Waals surface area contributed by atoms with E-state index in [1.54, 1.807) is 33.3 Å². The van der Waals surface area contributed by atoms with Gasteiger partial charge in [0.15, 0.2) is 5.78 Å². The first kappa shape index (κ1) is 20.6. The van der Waals surface area contributed by atoms with Crippen LogP contribution in [0.2, 0.25) is 0 Å². The third-order valence-electron chi connectivity index (χ3n) is 5.20. The minimum Gasteiger partial charge on any atom is -0.497 e. The second kappa shape index (κ2) is 8.95. The van der Waals surface area contributed by atoms with Crippen LogP contribution in [0.4, 0.5) is 0 Å². The van der Waals surface area contributed by atoms with E-state index < -0.39 is 11.9 Å². The Hall–Kier alpha value is -3.08. The van der Waals surface area contributed by atoms with E-state index in [1.165, 1.54) is 0 Å². The molecule has 29 heavy (non-hydrogen) atoms. The lowest BCUT2D eigenvalue weighted by Gasteiger charge is -2.30. The van der Waals surface area contributed by atoms with Gasteiger partial charge in [0.2, 0.25) is 0 Å². The second-order valence-electron chi connectivity index (χ2n) is 7.13. The van der Waals surface area contributed by atoms with Crippen molar-refractivity contribution in [1.29, 1.82) is 0 Å². The number of carbonyl (C=O) groups is 2. The highest BCUT2D eigenvalue weighted by Crippen LogP contribution is 2.41. The molecule has 0 fully saturated rings. The summed E-state index contributed by atoms with van der Waals surface area (Å²) >= 11 is 0. The molecular formula is C24H26O5. The summed E-state index contributed by atoms with van der Waals surface area (Å²) in [5, 5.41) is 0. The zero-order chi connectivity index (χ0) is 21.0. The topological polar surface area (TPSA) is 61.8 Å². The van der Waals surface area contributed by atoms with Gasteiger partial charge in [-0.15, -0.1) is 0 Å². The average molecular weight is 394 g/mol. The van der Waals surface area contributed by atoms with Crippen LogP contribution < -0.4 is 9.47 Å². The number of allylic oxidation sites excluding steroid dienone is 2. The molecule has 0 spiro atoms. The van der Waals surface area contributed by atoms with Crippen LogP contribution >= 0.6 is 0 Å². The van der Waals surface area contributed by atoms with Gasteiger partial charge in [-0.3, -0.25) is 9.59 Å². The fraction of sp³-hybridized carbons (Fsp3) is 0.333. The summed E-state index contributed by atoms with van der Waals surface area (Å²) in [5.41, 5.74) is 3.72. The predicted molar refractivity (Wildman–Crippen MR) is 111 cm³/mol. The fourth-order valence-corrected chi connectivity index (χ4v) is 3.79. The van der Waals surface area contributed by atoms with Crippen LogP contribution in [0.15, 0.2) is 48.5 Å². The first-order valence-corrected chi connectivity index (χ1v) is 9.67. The summed E-state index contributed by atoms with van der Waals surface area (Å²) in [6.45, 7) is 3.99. The van der Waals surface area contributed by atoms with E-state index in [1.807, 2.05) is 43.3 Å². The number of aryl methyl sites for hydroxylation is 1. The van der Waals surface area contributed by atoms with E-state index in [-0.39, 0.29) is 18.3 Å². The lowest BCUT2D eigenvalue weighted by Crippen LogP contribution is -2.34. The Labute approximate surface area is 171 Å².